The first kappa shape index (κ1) is 19.2. The molecule has 0 bridgehead atoms. The molecule has 2 aromatic rings. The van der Waals surface area contributed by atoms with Gasteiger partial charge in [-0.15, -0.1) is 0 Å². The van der Waals surface area contributed by atoms with Gasteiger partial charge >= 0.3 is 5.97 Å². The highest BCUT2D eigenvalue weighted by molar-refractivity contribution is 6.30. The Hall–Kier alpha value is -2.53. The number of nitrogens with one attached hydrogen (secondary N) is 1. The van der Waals surface area contributed by atoms with Crippen molar-refractivity contribution >= 4 is 29.2 Å². The Morgan fingerprint density at radius 2 is 1.93 bits per heavy atom. The number of ether oxygens (including phenoxy) is 2. The van der Waals surface area contributed by atoms with E-state index in [2.05, 4.69) is 5.32 Å². The van der Waals surface area contributed by atoms with Crippen molar-refractivity contribution < 1.29 is 19.1 Å². The molecule has 0 radical (unpaired) electrons. The number of carbonyl (C=O) groups is 2. The molecule has 1 aliphatic rings. The first-order valence-corrected chi connectivity index (χ1v) is 9.21. The fourth-order valence-corrected chi connectivity index (χ4v) is 3.27. The Labute approximate surface area is 163 Å². The molecule has 0 saturated heterocycles. The summed E-state index contributed by atoms with van der Waals surface area (Å²) in [6, 6.07) is 11.1. The number of hydrogen-bond donors (Lipinski definition) is 1. The van der Waals surface area contributed by atoms with E-state index in [4.69, 9.17) is 21.1 Å². The van der Waals surface area contributed by atoms with Gasteiger partial charge in [0.15, 0.2) is 6.10 Å². The topological polar surface area (TPSA) is 64.6 Å². The number of rotatable bonds is 4. The van der Waals surface area contributed by atoms with E-state index >= 15 is 0 Å². The zero-order valence-corrected chi connectivity index (χ0v) is 16.3. The summed E-state index contributed by atoms with van der Waals surface area (Å²) in [5.41, 5.74) is 3.52. The molecule has 3 rings (SSSR count). The average Bonchev–Trinajstić information content (AvgIpc) is 2.63. The van der Waals surface area contributed by atoms with Crippen LogP contribution < -0.4 is 10.1 Å². The van der Waals surface area contributed by atoms with E-state index in [0.29, 0.717) is 11.4 Å². The predicted molar refractivity (Wildman–Crippen MR) is 104 cm³/mol. The number of benzene rings is 2. The molecule has 2 aromatic carbocycles. The van der Waals surface area contributed by atoms with E-state index in [0.717, 1.165) is 28.1 Å². The average molecular weight is 388 g/mol. The lowest BCUT2D eigenvalue weighted by Crippen LogP contribution is -2.36. The Bertz CT molecular complexity index is 860. The summed E-state index contributed by atoms with van der Waals surface area (Å²) in [6.07, 6.45) is -0.433. The molecular weight excluding hydrogens is 366 g/mol. The van der Waals surface area contributed by atoms with Crippen molar-refractivity contribution in [3.8, 4) is 5.75 Å². The number of halogens is 1. The van der Waals surface area contributed by atoms with Crippen LogP contribution >= 0.6 is 11.6 Å². The molecule has 0 aromatic heterocycles. The molecule has 1 heterocycles. The predicted octanol–water partition coefficient (Wildman–Crippen LogP) is 4.08. The zero-order chi connectivity index (χ0) is 19.6. The molecule has 142 valence electrons. The SMILES string of the molecule is Cc1cccc(C)c1NC(=O)[C@H](C)OC(=O)[C@@H]1COc2ccc(Cl)cc2C1. The summed E-state index contributed by atoms with van der Waals surface area (Å²) in [4.78, 5) is 24.9. The Kier molecular flexibility index (Phi) is 5.71. The second kappa shape index (κ2) is 8.01. The number of esters is 1. The van der Waals surface area contributed by atoms with E-state index in [1.807, 2.05) is 32.0 Å². The number of amides is 1. The second-order valence-electron chi connectivity index (χ2n) is 6.80. The van der Waals surface area contributed by atoms with Crippen molar-refractivity contribution in [2.75, 3.05) is 11.9 Å². The summed E-state index contributed by atoms with van der Waals surface area (Å²) in [5, 5.41) is 3.44. The highest BCUT2D eigenvalue weighted by Gasteiger charge is 2.30. The van der Waals surface area contributed by atoms with Crippen LogP contribution in [0.3, 0.4) is 0 Å². The lowest BCUT2D eigenvalue weighted by Gasteiger charge is -2.25. The first-order valence-electron chi connectivity index (χ1n) is 8.84. The van der Waals surface area contributed by atoms with Gasteiger partial charge in [0.05, 0.1) is 5.92 Å². The van der Waals surface area contributed by atoms with Crippen molar-refractivity contribution in [3.05, 3.63) is 58.1 Å². The third kappa shape index (κ3) is 4.42. The molecule has 5 nitrogen and oxygen atoms in total. The number of anilines is 1. The van der Waals surface area contributed by atoms with Gasteiger partial charge in [0.1, 0.15) is 12.4 Å². The number of fused-ring (bicyclic) bond motifs is 1. The molecule has 6 heteroatoms. The Morgan fingerprint density at radius 1 is 1.22 bits per heavy atom. The fraction of sp³-hybridized carbons (Fsp3) is 0.333. The first-order chi connectivity index (χ1) is 12.8. The zero-order valence-electron chi connectivity index (χ0n) is 15.5. The molecular formula is C21H22ClNO4. The van der Waals surface area contributed by atoms with Gasteiger partial charge in [-0.1, -0.05) is 29.8 Å². The van der Waals surface area contributed by atoms with E-state index in [-0.39, 0.29) is 12.5 Å². The van der Waals surface area contributed by atoms with E-state index < -0.39 is 18.0 Å². The summed E-state index contributed by atoms with van der Waals surface area (Å²) in [6.45, 7) is 5.62. The van der Waals surface area contributed by atoms with Gasteiger partial charge in [-0.3, -0.25) is 9.59 Å². The molecule has 0 fully saturated rings. The summed E-state index contributed by atoms with van der Waals surface area (Å²) in [5.74, 6) is -0.554. The highest BCUT2D eigenvalue weighted by atomic mass is 35.5. The quantitative estimate of drug-likeness (QED) is 0.803. The number of aryl methyl sites for hydroxylation is 2. The summed E-state index contributed by atoms with van der Waals surface area (Å²) < 4.78 is 11.0. The van der Waals surface area contributed by atoms with Gasteiger partial charge in [0.25, 0.3) is 5.91 Å². The number of hydrogen-bond acceptors (Lipinski definition) is 4. The maximum absolute atomic E-state index is 12.5. The third-order valence-electron chi connectivity index (χ3n) is 4.65. The maximum Gasteiger partial charge on any atom is 0.313 e. The van der Waals surface area contributed by atoms with Gasteiger partial charge in [0.2, 0.25) is 0 Å². The molecule has 27 heavy (non-hydrogen) atoms. The van der Waals surface area contributed by atoms with Gasteiger partial charge in [0, 0.05) is 10.7 Å². The molecule has 0 saturated carbocycles. The Morgan fingerprint density at radius 3 is 2.63 bits per heavy atom. The van der Waals surface area contributed by atoms with Crippen LogP contribution in [0.5, 0.6) is 5.75 Å². The summed E-state index contributed by atoms with van der Waals surface area (Å²) >= 11 is 6.01. The van der Waals surface area contributed by atoms with Gasteiger partial charge in [-0.2, -0.15) is 0 Å². The molecule has 0 spiro atoms. The van der Waals surface area contributed by atoms with Crippen LogP contribution in [0, 0.1) is 19.8 Å². The van der Waals surface area contributed by atoms with Crippen LogP contribution in [0.4, 0.5) is 5.69 Å². The van der Waals surface area contributed by atoms with Gasteiger partial charge < -0.3 is 14.8 Å². The van der Waals surface area contributed by atoms with Gasteiger partial charge in [-0.25, -0.2) is 0 Å². The van der Waals surface area contributed by atoms with Crippen LogP contribution in [0.25, 0.3) is 0 Å². The number of carbonyl (C=O) groups excluding carboxylic acids is 2. The van der Waals surface area contributed by atoms with Crippen LogP contribution in [0.2, 0.25) is 5.02 Å². The fourth-order valence-electron chi connectivity index (χ4n) is 3.07. The minimum absolute atomic E-state index is 0.221. The van der Waals surface area contributed by atoms with E-state index in [1.165, 1.54) is 0 Å². The van der Waals surface area contributed by atoms with Crippen LogP contribution in [-0.4, -0.2) is 24.6 Å². The van der Waals surface area contributed by atoms with E-state index in [9.17, 15) is 9.59 Å². The van der Waals surface area contributed by atoms with Crippen molar-refractivity contribution in [1.82, 2.24) is 0 Å². The summed E-state index contributed by atoms with van der Waals surface area (Å²) in [7, 11) is 0. The van der Waals surface area contributed by atoms with Crippen molar-refractivity contribution in [1.29, 1.82) is 0 Å². The lowest BCUT2D eigenvalue weighted by atomic mass is 9.97. The number of para-hydroxylation sites is 1. The smallest absolute Gasteiger partial charge is 0.313 e. The highest BCUT2D eigenvalue weighted by Crippen LogP contribution is 2.30. The van der Waals surface area contributed by atoms with E-state index in [1.54, 1.807) is 25.1 Å². The van der Waals surface area contributed by atoms with Crippen molar-refractivity contribution in [2.24, 2.45) is 5.92 Å². The minimum atomic E-state index is -0.905. The minimum Gasteiger partial charge on any atom is -0.492 e. The molecule has 1 N–H and O–H groups in total. The molecule has 0 unspecified atom stereocenters. The van der Waals surface area contributed by atoms with Crippen molar-refractivity contribution in [2.45, 2.75) is 33.3 Å². The van der Waals surface area contributed by atoms with Crippen LogP contribution in [0.15, 0.2) is 36.4 Å². The normalized spacial score (nSPS) is 16.7. The molecule has 1 aliphatic heterocycles. The maximum atomic E-state index is 12.5. The monoisotopic (exact) mass is 387 g/mol. The Balaban J connectivity index is 1.61. The lowest BCUT2D eigenvalue weighted by molar-refractivity contribution is -0.158. The largest absolute Gasteiger partial charge is 0.492 e. The third-order valence-corrected chi connectivity index (χ3v) is 4.89. The standard InChI is InChI=1S/C21H22ClNO4/c1-12-5-4-6-13(2)19(12)23-20(24)14(3)27-21(25)16-9-15-10-17(22)7-8-18(15)26-11-16/h4-8,10,14,16H,9,11H2,1-3H3,(H,23,24)/t14-,16-/m0/s1. The van der Waals surface area contributed by atoms with Crippen molar-refractivity contribution in [3.63, 3.8) is 0 Å². The molecule has 1 amide bonds. The second-order valence-corrected chi connectivity index (χ2v) is 7.24. The van der Waals surface area contributed by atoms with Crippen LogP contribution in [-0.2, 0) is 20.7 Å². The van der Waals surface area contributed by atoms with Gasteiger partial charge in [-0.05, 0) is 62.1 Å². The molecule has 0 aliphatic carbocycles. The van der Waals surface area contributed by atoms with Crippen LogP contribution in [0.1, 0.15) is 23.6 Å². The molecule has 2 atom stereocenters.